The normalized spacial score (nSPS) is 25.9. The van der Waals surface area contributed by atoms with Crippen molar-refractivity contribution in [3.05, 3.63) is 28.5 Å². The van der Waals surface area contributed by atoms with Crippen LogP contribution in [0, 0.1) is 11.8 Å². The van der Waals surface area contributed by atoms with Crippen LogP contribution in [0.3, 0.4) is 0 Å². The summed E-state index contributed by atoms with van der Waals surface area (Å²) in [4.78, 5) is 4.30. The Morgan fingerprint density at radius 2 is 2.28 bits per heavy atom. The van der Waals surface area contributed by atoms with Crippen LogP contribution >= 0.6 is 15.9 Å². The van der Waals surface area contributed by atoms with E-state index in [2.05, 4.69) is 46.3 Å². The van der Waals surface area contributed by atoms with E-state index in [-0.39, 0.29) is 0 Å². The third-order valence-corrected chi connectivity index (χ3v) is 4.70. The lowest BCUT2D eigenvalue weighted by molar-refractivity contribution is 0.214. The Kier molecular flexibility index (Phi) is 5.19. The zero-order chi connectivity index (χ0) is 13.0. The quantitative estimate of drug-likeness (QED) is 0.895. The standard InChI is InChI=1S/C15H23BrN2/c1-3-11-5-4-6-12(7-11)15(17-2)13-8-14(16)10-18-9-13/h8-12,15,17H,3-7H2,1-2H3. The molecule has 3 atom stereocenters. The summed E-state index contributed by atoms with van der Waals surface area (Å²) in [5.74, 6) is 1.67. The van der Waals surface area contributed by atoms with E-state index >= 15 is 0 Å². The van der Waals surface area contributed by atoms with Crippen LogP contribution in [-0.2, 0) is 0 Å². The largest absolute Gasteiger partial charge is 0.313 e. The highest BCUT2D eigenvalue weighted by Gasteiger charge is 2.28. The molecule has 1 heterocycles. The molecule has 0 amide bonds. The maximum Gasteiger partial charge on any atom is 0.0410 e. The van der Waals surface area contributed by atoms with E-state index in [9.17, 15) is 0 Å². The monoisotopic (exact) mass is 310 g/mol. The van der Waals surface area contributed by atoms with Crippen LogP contribution in [0.5, 0.6) is 0 Å². The maximum atomic E-state index is 4.30. The molecule has 0 bridgehead atoms. The molecule has 1 aromatic heterocycles. The van der Waals surface area contributed by atoms with Gasteiger partial charge in [0, 0.05) is 22.9 Å². The fraction of sp³-hybridized carbons (Fsp3) is 0.667. The number of nitrogens with one attached hydrogen (secondary N) is 1. The molecule has 0 radical (unpaired) electrons. The summed E-state index contributed by atoms with van der Waals surface area (Å²) in [5.41, 5.74) is 1.31. The molecular weight excluding hydrogens is 288 g/mol. The van der Waals surface area contributed by atoms with Gasteiger partial charge in [-0.3, -0.25) is 4.98 Å². The molecule has 0 aliphatic heterocycles. The van der Waals surface area contributed by atoms with Crippen LogP contribution in [0.2, 0.25) is 0 Å². The molecule has 1 aliphatic rings. The Morgan fingerprint density at radius 3 is 2.94 bits per heavy atom. The minimum atomic E-state index is 0.448. The van der Waals surface area contributed by atoms with Crippen molar-refractivity contribution in [1.29, 1.82) is 0 Å². The lowest BCUT2D eigenvalue weighted by Gasteiger charge is -2.34. The molecule has 100 valence electrons. The summed E-state index contributed by atoms with van der Waals surface area (Å²) in [7, 11) is 2.07. The van der Waals surface area contributed by atoms with Crippen LogP contribution in [-0.4, -0.2) is 12.0 Å². The van der Waals surface area contributed by atoms with Crippen molar-refractivity contribution in [3.63, 3.8) is 0 Å². The Hall–Kier alpha value is -0.410. The van der Waals surface area contributed by atoms with Gasteiger partial charge in [0.25, 0.3) is 0 Å². The van der Waals surface area contributed by atoms with Crippen molar-refractivity contribution in [2.24, 2.45) is 11.8 Å². The second-order valence-electron chi connectivity index (χ2n) is 5.40. The van der Waals surface area contributed by atoms with Crippen LogP contribution in [0.15, 0.2) is 22.9 Å². The molecule has 3 heteroatoms. The number of hydrogen-bond donors (Lipinski definition) is 1. The van der Waals surface area contributed by atoms with E-state index in [4.69, 9.17) is 0 Å². The van der Waals surface area contributed by atoms with E-state index in [1.54, 1.807) is 0 Å². The summed E-state index contributed by atoms with van der Waals surface area (Å²) in [6, 6.07) is 2.65. The van der Waals surface area contributed by atoms with Crippen LogP contribution in [0.4, 0.5) is 0 Å². The molecule has 18 heavy (non-hydrogen) atoms. The van der Waals surface area contributed by atoms with Crippen molar-refractivity contribution < 1.29 is 0 Å². The van der Waals surface area contributed by atoms with E-state index in [1.807, 2.05) is 12.4 Å². The van der Waals surface area contributed by atoms with E-state index in [0.717, 1.165) is 16.3 Å². The predicted octanol–water partition coefficient (Wildman–Crippen LogP) is 4.32. The molecule has 0 spiro atoms. The third-order valence-electron chi connectivity index (χ3n) is 4.27. The van der Waals surface area contributed by atoms with Crippen molar-refractivity contribution in [1.82, 2.24) is 10.3 Å². The van der Waals surface area contributed by atoms with Gasteiger partial charge in [0.15, 0.2) is 0 Å². The average Bonchev–Trinajstić information content (AvgIpc) is 2.40. The number of nitrogens with zero attached hydrogens (tertiary/aromatic N) is 1. The second-order valence-corrected chi connectivity index (χ2v) is 6.32. The Balaban J connectivity index is 2.12. The van der Waals surface area contributed by atoms with Crippen molar-refractivity contribution in [3.8, 4) is 0 Å². The highest BCUT2D eigenvalue weighted by molar-refractivity contribution is 9.10. The molecule has 1 N–H and O–H groups in total. The van der Waals surface area contributed by atoms with Gasteiger partial charge in [0.2, 0.25) is 0 Å². The zero-order valence-corrected chi connectivity index (χ0v) is 12.9. The lowest BCUT2D eigenvalue weighted by atomic mass is 9.75. The molecule has 1 saturated carbocycles. The minimum Gasteiger partial charge on any atom is -0.313 e. The summed E-state index contributed by atoms with van der Waals surface area (Å²) >= 11 is 3.52. The van der Waals surface area contributed by atoms with Crippen LogP contribution in [0.1, 0.15) is 50.6 Å². The van der Waals surface area contributed by atoms with Gasteiger partial charge in [0.1, 0.15) is 0 Å². The minimum absolute atomic E-state index is 0.448. The number of aromatic nitrogens is 1. The van der Waals surface area contributed by atoms with Gasteiger partial charge >= 0.3 is 0 Å². The topological polar surface area (TPSA) is 24.9 Å². The van der Waals surface area contributed by atoms with Gasteiger partial charge in [-0.2, -0.15) is 0 Å². The Morgan fingerprint density at radius 1 is 1.44 bits per heavy atom. The zero-order valence-electron chi connectivity index (χ0n) is 11.3. The molecular formula is C15H23BrN2. The first-order chi connectivity index (χ1) is 8.74. The highest BCUT2D eigenvalue weighted by Crippen LogP contribution is 2.38. The Labute approximate surface area is 119 Å². The van der Waals surface area contributed by atoms with Gasteiger partial charge in [0.05, 0.1) is 0 Å². The van der Waals surface area contributed by atoms with Crippen molar-refractivity contribution in [2.75, 3.05) is 7.05 Å². The maximum absolute atomic E-state index is 4.30. The molecule has 1 fully saturated rings. The number of halogens is 1. The van der Waals surface area contributed by atoms with Gasteiger partial charge in [-0.1, -0.05) is 26.2 Å². The first-order valence-electron chi connectivity index (χ1n) is 7.02. The predicted molar refractivity (Wildman–Crippen MR) is 79.5 cm³/mol. The van der Waals surface area contributed by atoms with Crippen molar-refractivity contribution in [2.45, 2.75) is 45.1 Å². The van der Waals surface area contributed by atoms with Crippen LogP contribution < -0.4 is 5.32 Å². The van der Waals surface area contributed by atoms with Gasteiger partial charge in [-0.25, -0.2) is 0 Å². The number of pyridine rings is 1. The molecule has 0 aromatic carbocycles. The third kappa shape index (κ3) is 3.33. The first kappa shape index (κ1) is 14.0. The van der Waals surface area contributed by atoms with Crippen LogP contribution in [0.25, 0.3) is 0 Å². The average molecular weight is 311 g/mol. The molecule has 1 aliphatic carbocycles. The summed E-state index contributed by atoms with van der Waals surface area (Å²) in [6.45, 7) is 2.32. The summed E-state index contributed by atoms with van der Waals surface area (Å²) in [6.07, 6.45) is 10.7. The van der Waals surface area contributed by atoms with E-state index in [0.29, 0.717) is 6.04 Å². The molecule has 1 aromatic rings. The number of hydrogen-bond acceptors (Lipinski definition) is 2. The van der Waals surface area contributed by atoms with E-state index < -0.39 is 0 Å². The molecule has 3 unspecified atom stereocenters. The Bertz CT molecular complexity index is 381. The van der Waals surface area contributed by atoms with E-state index in [1.165, 1.54) is 37.7 Å². The van der Waals surface area contributed by atoms with Gasteiger partial charge in [-0.15, -0.1) is 0 Å². The summed E-state index contributed by atoms with van der Waals surface area (Å²) < 4.78 is 1.07. The highest BCUT2D eigenvalue weighted by atomic mass is 79.9. The van der Waals surface area contributed by atoms with Gasteiger partial charge < -0.3 is 5.32 Å². The lowest BCUT2D eigenvalue weighted by Crippen LogP contribution is -2.29. The fourth-order valence-electron chi connectivity index (χ4n) is 3.28. The smallest absolute Gasteiger partial charge is 0.0410 e. The molecule has 2 nitrogen and oxygen atoms in total. The first-order valence-corrected chi connectivity index (χ1v) is 7.81. The number of rotatable bonds is 4. The van der Waals surface area contributed by atoms with Gasteiger partial charge in [-0.05, 0) is 59.3 Å². The molecule has 0 saturated heterocycles. The molecule has 2 rings (SSSR count). The second kappa shape index (κ2) is 6.67. The fourth-order valence-corrected chi connectivity index (χ4v) is 3.66. The SMILES string of the molecule is CCC1CCCC(C(NC)c2cncc(Br)c2)C1. The van der Waals surface area contributed by atoms with Crippen molar-refractivity contribution >= 4 is 15.9 Å². The summed E-state index contributed by atoms with van der Waals surface area (Å²) in [5, 5.41) is 3.50.